The summed E-state index contributed by atoms with van der Waals surface area (Å²) in [6.07, 6.45) is 2.72. The Balaban J connectivity index is 1.66. The number of hydrogen-bond acceptors (Lipinski definition) is 3. The minimum absolute atomic E-state index is 0.0886. The molecule has 2 aromatic rings. The fourth-order valence-corrected chi connectivity index (χ4v) is 2.95. The third-order valence-corrected chi connectivity index (χ3v) is 4.07. The zero-order chi connectivity index (χ0) is 14.7. The maximum Gasteiger partial charge on any atom is 0.102 e. The van der Waals surface area contributed by atoms with Crippen molar-refractivity contribution in [3.8, 4) is 0 Å². The lowest BCUT2D eigenvalue weighted by Crippen LogP contribution is -2.16. The smallest absolute Gasteiger partial charge is 0.102 e. The van der Waals surface area contributed by atoms with E-state index in [2.05, 4.69) is 24.3 Å². The van der Waals surface area contributed by atoms with Crippen molar-refractivity contribution >= 4 is 5.69 Å². The Morgan fingerprint density at radius 2 is 2.05 bits per heavy atom. The number of rotatable bonds is 4. The van der Waals surface area contributed by atoms with E-state index < -0.39 is 6.10 Å². The van der Waals surface area contributed by atoms with Gasteiger partial charge in [-0.1, -0.05) is 36.4 Å². The molecule has 3 nitrogen and oxygen atoms in total. The SMILES string of the molecule is Nc1cccc(C(O)COC2CCCc3ccccc32)c1. The van der Waals surface area contributed by atoms with Gasteiger partial charge in [0.15, 0.2) is 0 Å². The summed E-state index contributed by atoms with van der Waals surface area (Å²) < 4.78 is 5.97. The molecule has 0 aromatic heterocycles. The zero-order valence-electron chi connectivity index (χ0n) is 12.0. The zero-order valence-corrected chi connectivity index (χ0v) is 12.0. The minimum Gasteiger partial charge on any atom is -0.399 e. The molecule has 21 heavy (non-hydrogen) atoms. The van der Waals surface area contributed by atoms with Crippen molar-refractivity contribution in [2.45, 2.75) is 31.5 Å². The highest BCUT2D eigenvalue weighted by Crippen LogP contribution is 2.33. The molecule has 0 heterocycles. The summed E-state index contributed by atoms with van der Waals surface area (Å²) in [5.74, 6) is 0. The quantitative estimate of drug-likeness (QED) is 0.846. The highest BCUT2D eigenvalue weighted by Gasteiger charge is 2.21. The van der Waals surface area contributed by atoms with Gasteiger partial charge in [0.2, 0.25) is 0 Å². The van der Waals surface area contributed by atoms with Gasteiger partial charge in [-0.3, -0.25) is 0 Å². The van der Waals surface area contributed by atoms with Gasteiger partial charge < -0.3 is 15.6 Å². The number of anilines is 1. The van der Waals surface area contributed by atoms with Gasteiger partial charge in [-0.2, -0.15) is 0 Å². The number of nitrogen functional groups attached to an aromatic ring is 1. The summed E-state index contributed by atoms with van der Waals surface area (Å²) in [6, 6.07) is 15.8. The first-order chi connectivity index (χ1) is 10.2. The lowest BCUT2D eigenvalue weighted by molar-refractivity contribution is -0.0183. The van der Waals surface area contributed by atoms with E-state index in [-0.39, 0.29) is 6.10 Å². The van der Waals surface area contributed by atoms with E-state index in [0.717, 1.165) is 24.8 Å². The fraction of sp³-hybridized carbons (Fsp3) is 0.333. The van der Waals surface area contributed by atoms with Crippen LogP contribution in [0.15, 0.2) is 48.5 Å². The van der Waals surface area contributed by atoms with Crippen molar-refractivity contribution in [2.75, 3.05) is 12.3 Å². The summed E-state index contributed by atoms with van der Waals surface area (Å²) >= 11 is 0. The van der Waals surface area contributed by atoms with Crippen LogP contribution in [-0.2, 0) is 11.2 Å². The molecule has 0 amide bonds. The molecule has 1 aliphatic rings. The highest BCUT2D eigenvalue weighted by atomic mass is 16.5. The first-order valence-corrected chi connectivity index (χ1v) is 7.47. The second-order valence-corrected chi connectivity index (χ2v) is 5.60. The fourth-order valence-electron chi connectivity index (χ4n) is 2.95. The van der Waals surface area contributed by atoms with E-state index in [4.69, 9.17) is 10.5 Å². The second-order valence-electron chi connectivity index (χ2n) is 5.60. The largest absolute Gasteiger partial charge is 0.399 e. The number of nitrogens with two attached hydrogens (primary N) is 1. The number of fused-ring (bicyclic) bond motifs is 1. The van der Waals surface area contributed by atoms with Gasteiger partial charge in [0, 0.05) is 5.69 Å². The first-order valence-electron chi connectivity index (χ1n) is 7.47. The molecule has 3 rings (SSSR count). The van der Waals surface area contributed by atoms with E-state index in [1.54, 1.807) is 6.07 Å². The van der Waals surface area contributed by atoms with Crippen molar-refractivity contribution in [1.29, 1.82) is 0 Å². The summed E-state index contributed by atoms with van der Waals surface area (Å²) in [5.41, 5.74) is 9.85. The molecule has 0 bridgehead atoms. The molecule has 0 saturated carbocycles. The first kappa shape index (κ1) is 14.1. The van der Waals surface area contributed by atoms with Crippen molar-refractivity contribution in [1.82, 2.24) is 0 Å². The summed E-state index contributed by atoms with van der Waals surface area (Å²) in [5, 5.41) is 10.2. The van der Waals surface area contributed by atoms with E-state index in [0.29, 0.717) is 12.3 Å². The van der Waals surface area contributed by atoms with Gasteiger partial charge in [0.1, 0.15) is 6.10 Å². The van der Waals surface area contributed by atoms with Crippen LogP contribution in [0.2, 0.25) is 0 Å². The van der Waals surface area contributed by atoms with Gasteiger partial charge >= 0.3 is 0 Å². The molecule has 1 aliphatic carbocycles. The van der Waals surface area contributed by atoms with Crippen LogP contribution in [0, 0.1) is 0 Å². The van der Waals surface area contributed by atoms with Crippen molar-refractivity contribution in [3.05, 3.63) is 65.2 Å². The standard InChI is InChI=1S/C18H21NO2/c19-15-8-3-7-14(11-15)17(20)12-21-18-10-4-6-13-5-1-2-9-16(13)18/h1-3,5,7-9,11,17-18,20H,4,6,10,12,19H2. The molecule has 0 radical (unpaired) electrons. The Hall–Kier alpha value is -1.84. The third-order valence-electron chi connectivity index (χ3n) is 4.07. The Bertz CT molecular complexity index is 612. The second kappa shape index (κ2) is 6.29. The summed E-state index contributed by atoms with van der Waals surface area (Å²) in [4.78, 5) is 0. The molecule has 2 unspecified atom stereocenters. The summed E-state index contributed by atoms with van der Waals surface area (Å²) in [6.45, 7) is 0.294. The van der Waals surface area contributed by atoms with Gasteiger partial charge in [-0.15, -0.1) is 0 Å². The number of aliphatic hydroxyl groups excluding tert-OH is 1. The lowest BCUT2D eigenvalue weighted by atomic mass is 9.89. The molecule has 0 aliphatic heterocycles. The van der Waals surface area contributed by atoms with Gasteiger partial charge in [-0.05, 0) is 48.1 Å². The normalized spacial score (nSPS) is 19.0. The number of benzene rings is 2. The van der Waals surface area contributed by atoms with Gasteiger partial charge in [-0.25, -0.2) is 0 Å². The number of aliphatic hydroxyl groups is 1. The van der Waals surface area contributed by atoms with Crippen LogP contribution < -0.4 is 5.73 Å². The molecule has 0 fully saturated rings. The van der Waals surface area contributed by atoms with Crippen LogP contribution in [-0.4, -0.2) is 11.7 Å². The number of hydrogen-bond donors (Lipinski definition) is 2. The van der Waals surface area contributed by atoms with Crippen LogP contribution in [0.1, 0.15) is 41.7 Å². The Kier molecular flexibility index (Phi) is 4.23. The minimum atomic E-state index is -0.636. The van der Waals surface area contributed by atoms with E-state index in [1.807, 2.05) is 18.2 Å². The van der Waals surface area contributed by atoms with Crippen LogP contribution in [0.4, 0.5) is 5.69 Å². The lowest BCUT2D eigenvalue weighted by Gasteiger charge is -2.26. The van der Waals surface area contributed by atoms with E-state index in [1.165, 1.54) is 11.1 Å². The Morgan fingerprint density at radius 3 is 2.90 bits per heavy atom. The van der Waals surface area contributed by atoms with Crippen LogP contribution >= 0.6 is 0 Å². The Labute approximate surface area is 125 Å². The van der Waals surface area contributed by atoms with Gasteiger partial charge in [0.25, 0.3) is 0 Å². The van der Waals surface area contributed by atoms with Crippen LogP contribution in [0.3, 0.4) is 0 Å². The number of aryl methyl sites for hydroxylation is 1. The topological polar surface area (TPSA) is 55.5 Å². The molecule has 3 heteroatoms. The molecule has 110 valence electrons. The predicted molar refractivity (Wildman–Crippen MR) is 83.9 cm³/mol. The highest BCUT2D eigenvalue weighted by molar-refractivity contribution is 5.41. The molecular formula is C18H21NO2. The average Bonchev–Trinajstić information content (AvgIpc) is 2.52. The maximum atomic E-state index is 10.2. The number of ether oxygens (including phenoxy) is 1. The molecule has 2 aromatic carbocycles. The van der Waals surface area contributed by atoms with Crippen LogP contribution in [0.5, 0.6) is 0 Å². The molecule has 0 saturated heterocycles. The summed E-state index contributed by atoms with van der Waals surface area (Å²) in [7, 11) is 0. The average molecular weight is 283 g/mol. The Morgan fingerprint density at radius 1 is 1.19 bits per heavy atom. The molecule has 0 spiro atoms. The van der Waals surface area contributed by atoms with Crippen molar-refractivity contribution < 1.29 is 9.84 Å². The molecule has 3 N–H and O–H groups in total. The van der Waals surface area contributed by atoms with Gasteiger partial charge in [0.05, 0.1) is 12.7 Å². The maximum absolute atomic E-state index is 10.2. The monoisotopic (exact) mass is 283 g/mol. The van der Waals surface area contributed by atoms with E-state index in [9.17, 15) is 5.11 Å². The van der Waals surface area contributed by atoms with Crippen molar-refractivity contribution in [2.24, 2.45) is 0 Å². The predicted octanol–water partition coefficient (Wildman–Crippen LogP) is 3.40. The third kappa shape index (κ3) is 3.26. The van der Waals surface area contributed by atoms with Crippen molar-refractivity contribution in [3.63, 3.8) is 0 Å². The van der Waals surface area contributed by atoms with E-state index >= 15 is 0 Å². The van der Waals surface area contributed by atoms with Crippen LogP contribution in [0.25, 0.3) is 0 Å². The molecular weight excluding hydrogens is 262 g/mol. The molecule has 2 atom stereocenters.